The van der Waals surface area contributed by atoms with E-state index in [1.165, 1.54) is 0 Å². The second-order valence-corrected chi connectivity index (χ2v) is 8.35. The zero-order chi connectivity index (χ0) is 17.7. The molecule has 0 aromatic heterocycles. The van der Waals surface area contributed by atoms with Crippen LogP contribution in [0.15, 0.2) is 0 Å². The van der Waals surface area contributed by atoms with Crippen molar-refractivity contribution in [2.24, 2.45) is 17.3 Å². The van der Waals surface area contributed by atoms with Crippen LogP contribution in [0.4, 0.5) is 0 Å². The lowest BCUT2D eigenvalue weighted by atomic mass is 9.90. The number of hydrogen-bond donors (Lipinski definition) is 0. The Balaban J connectivity index is 1.71. The van der Waals surface area contributed by atoms with E-state index in [2.05, 4.69) is 13.8 Å². The van der Waals surface area contributed by atoms with Gasteiger partial charge in [-0.1, -0.05) is 13.8 Å². The highest BCUT2D eigenvalue weighted by molar-refractivity contribution is 5.75. The number of esters is 1. The molecule has 5 heteroatoms. The minimum Gasteiger partial charge on any atom is -0.465 e. The maximum atomic E-state index is 11.8. The summed E-state index contributed by atoms with van der Waals surface area (Å²) in [5.41, 5.74) is -0.444. The second kappa shape index (κ2) is 8.63. The van der Waals surface area contributed by atoms with E-state index in [0.29, 0.717) is 18.4 Å². The summed E-state index contributed by atoms with van der Waals surface area (Å²) in [4.78, 5) is 11.8. The monoisotopic (exact) mass is 342 g/mol. The van der Waals surface area contributed by atoms with Crippen molar-refractivity contribution in [3.05, 3.63) is 0 Å². The summed E-state index contributed by atoms with van der Waals surface area (Å²) >= 11 is 0. The Morgan fingerprint density at radius 3 is 2.54 bits per heavy atom. The molecule has 0 saturated carbocycles. The summed E-state index contributed by atoms with van der Waals surface area (Å²) in [5, 5.41) is 0. The van der Waals surface area contributed by atoms with Crippen LogP contribution in [0.1, 0.15) is 60.3 Å². The predicted octanol–water partition coefficient (Wildman–Crippen LogP) is 3.55. The molecule has 140 valence electrons. The minimum atomic E-state index is -0.444. The minimum absolute atomic E-state index is 0.0867. The van der Waals surface area contributed by atoms with Gasteiger partial charge in [0.15, 0.2) is 6.29 Å². The first-order chi connectivity index (χ1) is 11.3. The standard InChI is InChI=1S/C19H34O5/c1-13-11-15(7-10-23-18(20)19(3,4)5)24-17(13)14(2)12-16-21-8-6-9-22-16/h13-17H,6-12H2,1-5H3/t13-,14-,15-,17+/m1/s1. The second-order valence-electron chi connectivity index (χ2n) is 8.35. The predicted molar refractivity (Wildman–Crippen MR) is 91.6 cm³/mol. The zero-order valence-corrected chi connectivity index (χ0v) is 15.9. The molecule has 0 amide bonds. The maximum Gasteiger partial charge on any atom is 0.311 e. The van der Waals surface area contributed by atoms with E-state index in [1.54, 1.807) is 0 Å². The average Bonchev–Trinajstić information content (AvgIpc) is 2.88. The van der Waals surface area contributed by atoms with Crippen LogP contribution < -0.4 is 0 Å². The molecule has 0 aliphatic carbocycles. The van der Waals surface area contributed by atoms with Gasteiger partial charge in [-0.15, -0.1) is 0 Å². The Kier molecular flexibility index (Phi) is 7.08. The van der Waals surface area contributed by atoms with Gasteiger partial charge in [0, 0.05) is 12.8 Å². The Bertz CT molecular complexity index is 397. The van der Waals surface area contributed by atoms with Gasteiger partial charge in [0.25, 0.3) is 0 Å². The van der Waals surface area contributed by atoms with Crippen LogP contribution in [-0.4, -0.2) is 44.3 Å². The summed E-state index contributed by atoms with van der Waals surface area (Å²) in [6, 6.07) is 0. The van der Waals surface area contributed by atoms with Crippen LogP contribution in [0.3, 0.4) is 0 Å². The fourth-order valence-electron chi connectivity index (χ4n) is 3.45. The summed E-state index contributed by atoms with van der Waals surface area (Å²) in [7, 11) is 0. The van der Waals surface area contributed by atoms with Crippen molar-refractivity contribution in [1.29, 1.82) is 0 Å². The lowest BCUT2D eigenvalue weighted by Crippen LogP contribution is -2.32. The first kappa shape index (κ1) is 19.7. The highest BCUT2D eigenvalue weighted by Crippen LogP contribution is 2.35. The van der Waals surface area contributed by atoms with Gasteiger partial charge in [0.2, 0.25) is 0 Å². The van der Waals surface area contributed by atoms with Crippen molar-refractivity contribution >= 4 is 5.97 Å². The fraction of sp³-hybridized carbons (Fsp3) is 0.947. The molecule has 4 atom stereocenters. The Morgan fingerprint density at radius 2 is 1.92 bits per heavy atom. The summed E-state index contributed by atoms with van der Waals surface area (Å²) < 4.78 is 22.9. The topological polar surface area (TPSA) is 54.0 Å². The summed E-state index contributed by atoms with van der Waals surface area (Å²) in [6.07, 6.45) is 3.96. The Hall–Kier alpha value is -0.650. The number of carbonyl (C=O) groups is 1. The molecule has 2 fully saturated rings. The van der Waals surface area contributed by atoms with E-state index in [9.17, 15) is 4.79 Å². The molecule has 2 heterocycles. The van der Waals surface area contributed by atoms with Crippen molar-refractivity contribution in [3.8, 4) is 0 Å². The van der Waals surface area contributed by atoms with Gasteiger partial charge >= 0.3 is 5.97 Å². The van der Waals surface area contributed by atoms with Crippen molar-refractivity contribution in [3.63, 3.8) is 0 Å². The van der Waals surface area contributed by atoms with Crippen LogP contribution in [-0.2, 0) is 23.7 Å². The Morgan fingerprint density at radius 1 is 1.25 bits per heavy atom. The van der Waals surface area contributed by atoms with E-state index in [0.717, 1.165) is 38.9 Å². The molecule has 0 unspecified atom stereocenters. The van der Waals surface area contributed by atoms with Gasteiger partial charge in [-0.05, 0) is 45.4 Å². The molecule has 2 aliphatic rings. The van der Waals surface area contributed by atoms with Crippen molar-refractivity contribution in [2.75, 3.05) is 19.8 Å². The highest BCUT2D eigenvalue weighted by Gasteiger charge is 2.37. The van der Waals surface area contributed by atoms with E-state index >= 15 is 0 Å². The lowest BCUT2D eigenvalue weighted by Gasteiger charge is -2.29. The van der Waals surface area contributed by atoms with Crippen molar-refractivity contribution in [1.82, 2.24) is 0 Å². The van der Waals surface area contributed by atoms with Crippen LogP contribution in [0, 0.1) is 17.3 Å². The van der Waals surface area contributed by atoms with Crippen molar-refractivity contribution in [2.45, 2.75) is 78.8 Å². The molecule has 5 nitrogen and oxygen atoms in total. The first-order valence-electron chi connectivity index (χ1n) is 9.33. The molecule has 0 radical (unpaired) electrons. The van der Waals surface area contributed by atoms with Crippen LogP contribution >= 0.6 is 0 Å². The van der Waals surface area contributed by atoms with E-state index in [4.69, 9.17) is 18.9 Å². The van der Waals surface area contributed by atoms with Crippen LogP contribution in [0.25, 0.3) is 0 Å². The van der Waals surface area contributed by atoms with Gasteiger partial charge in [-0.2, -0.15) is 0 Å². The number of rotatable bonds is 6. The molecule has 2 aliphatic heterocycles. The third-order valence-electron chi connectivity index (χ3n) is 4.85. The van der Waals surface area contributed by atoms with Crippen LogP contribution in [0.2, 0.25) is 0 Å². The van der Waals surface area contributed by atoms with Gasteiger partial charge in [-0.3, -0.25) is 4.79 Å². The summed E-state index contributed by atoms with van der Waals surface area (Å²) in [5.74, 6) is 0.752. The third kappa shape index (κ3) is 5.71. The van der Waals surface area contributed by atoms with Gasteiger partial charge in [-0.25, -0.2) is 0 Å². The number of carbonyl (C=O) groups excluding carboxylic acids is 1. The Labute approximate surface area is 146 Å². The maximum absolute atomic E-state index is 11.8. The van der Waals surface area contributed by atoms with E-state index < -0.39 is 5.41 Å². The van der Waals surface area contributed by atoms with Gasteiger partial charge in [0.1, 0.15) is 0 Å². The van der Waals surface area contributed by atoms with E-state index in [1.807, 2.05) is 20.8 Å². The molecular weight excluding hydrogens is 308 g/mol. The molecule has 0 N–H and O–H groups in total. The first-order valence-corrected chi connectivity index (χ1v) is 9.33. The smallest absolute Gasteiger partial charge is 0.311 e. The van der Waals surface area contributed by atoms with Crippen LogP contribution in [0.5, 0.6) is 0 Å². The number of ether oxygens (including phenoxy) is 4. The normalized spacial score (nSPS) is 30.3. The molecule has 0 bridgehead atoms. The average molecular weight is 342 g/mol. The molecule has 0 aromatic rings. The molecular formula is C19H34O5. The SMILES string of the molecule is C[C@H](CC1OCCCO1)[C@H]1O[C@H](CCOC(=O)C(C)(C)C)C[C@H]1C. The van der Waals surface area contributed by atoms with E-state index in [-0.39, 0.29) is 24.5 Å². The molecule has 0 aromatic carbocycles. The molecule has 2 saturated heterocycles. The van der Waals surface area contributed by atoms with Crippen molar-refractivity contribution < 1.29 is 23.7 Å². The lowest BCUT2D eigenvalue weighted by molar-refractivity contribution is -0.191. The highest BCUT2D eigenvalue weighted by atomic mass is 16.7. The zero-order valence-electron chi connectivity index (χ0n) is 15.9. The number of hydrogen-bond acceptors (Lipinski definition) is 5. The fourth-order valence-corrected chi connectivity index (χ4v) is 3.45. The summed E-state index contributed by atoms with van der Waals surface area (Å²) in [6.45, 7) is 12.1. The molecule has 2 rings (SSSR count). The van der Waals surface area contributed by atoms with Gasteiger partial charge < -0.3 is 18.9 Å². The third-order valence-corrected chi connectivity index (χ3v) is 4.85. The molecule has 0 spiro atoms. The van der Waals surface area contributed by atoms with Gasteiger partial charge in [0.05, 0.1) is 37.4 Å². The quantitative estimate of drug-likeness (QED) is 0.691. The largest absolute Gasteiger partial charge is 0.465 e. The molecule has 24 heavy (non-hydrogen) atoms.